The van der Waals surface area contributed by atoms with E-state index in [1.54, 1.807) is 13.0 Å². The smallest absolute Gasteiger partial charge is 0.130 e. The van der Waals surface area contributed by atoms with Crippen LogP contribution in [0.2, 0.25) is 0 Å². The van der Waals surface area contributed by atoms with Gasteiger partial charge in [0.25, 0.3) is 0 Å². The zero-order valence-electron chi connectivity index (χ0n) is 11.1. The van der Waals surface area contributed by atoms with E-state index in [-0.39, 0.29) is 11.6 Å². The number of nitrogens with one attached hydrogen (secondary N) is 1. The Morgan fingerprint density at radius 3 is 2.89 bits per heavy atom. The summed E-state index contributed by atoms with van der Waals surface area (Å²) in [6.45, 7) is 2.64. The quantitative estimate of drug-likeness (QED) is 0.858. The molecule has 0 spiro atoms. The first kappa shape index (κ1) is 12.8. The van der Waals surface area contributed by atoms with Crippen molar-refractivity contribution >= 4 is 6.08 Å². The lowest BCUT2D eigenvalue weighted by molar-refractivity contribution is 0.456. The van der Waals surface area contributed by atoms with Gasteiger partial charge < -0.3 is 5.32 Å². The highest BCUT2D eigenvalue weighted by atomic mass is 19.1. The Balaban J connectivity index is 1.78. The summed E-state index contributed by atoms with van der Waals surface area (Å²) in [6.07, 6.45) is 7.57. The molecule has 0 radical (unpaired) electrons. The fourth-order valence-corrected chi connectivity index (χ4v) is 3.44. The molecule has 102 valence electrons. The molecule has 3 unspecified atom stereocenters. The minimum absolute atomic E-state index is 0.316. The number of halogens is 2. The molecule has 1 aromatic carbocycles. The Labute approximate surface area is 112 Å². The Kier molecular flexibility index (Phi) is 3.40. The van der Waals surface area contributed by atoms with Crippen molar-refractivity contribution in [2.45, 2.75) is 32.2 Å². The predicted molar refractivity (Wildman–Crippen MR) is 72.8 cm³/mol. The Bertz CT molecular complexity index is 510. The Morgan fingerprint density at radius 1 is 1.21 bits per heavy atom. The molecule has 2 fully saturated rings. The van der Waals surface area contributed by atoms with Gasteiger partial charge in [0.2, 0.25) is 0 Å². The molecule has 1 aliphatic carbocycles. The summed E-state index contributed by atoms with van der Waals surface area (Å²) in [4.78, 5) is 0. The molecular formula is C16H19F2N. The van der Waals surface area contributed by atoms with Crippen LogP contribution in [-0.4, -0.2) is 12.6 Å². The summed E-state index contributed by atoms with van der Waals surface area (Å²) in [5.74, 6) is 0.749. The van der Waals surface area contributed by atoms with Crippen LogP contribution in [0.15, 0.2) is 18.2 Å². The van der Waals surface area contributed by atoms with Gasteiger partial charge in [0.15, 0.2) is 0 Å². The summed E-state index contributed by atoms with van der Waals surface area (Å²) in [7, 11) is 0. The van der Waals surface area contributed by atoms with Gasteiger partial charge in [-0.2, -0.15) is 0 Å². The zero-order chi connectivity index (χ0) is 13.4. The maximum atomic E-state index is 13.7. The molecular weight excluding hydrogens is 244 g/mol. The van der Waals surface area contributed by atoms with Gasteiger partial charge in [0.1, 0.15) is 11.6 Å². The minimum Gasteiger partial charge on any atom is -0.310 e. The topological polar surface area (TPSA) is 12.0 Å². The second kappa shape index (κ2) is 5.04. The zero-order valence-corrected chi connectivity index (χ0v) is 11.1. The summed E-state index contributed by atoms with van der Waals surface area (Å²) in [6, 6.07) is 2.86. The molecule has 2 aliphatic rings. The fourth-order valence-electron chi connectivity index (χ4n) is 3.44. The van der Waals surface area contributed by atoms with E-state index in [9.17, 15) is 8.78 Å². The van der Waals surface area contributed by atoms with Crippen LogP contribution in [0.3, 0.4) is 0 Å². The average Bonchev–Trinajstić information content (AvgIpc) is 2.95. The van der Waals surface area contributed by atoms with E-state index < -0.39 is 0 Å². The first-order chi connectivity index (χ1) is 9.15. The molecule has 3 heteroatoms. The summed E-state index contributed by atoms with van der Waals surface area (Å²) >= 11 is 0. The van der Waals surface area contributed by atoms with E-state index in [0.29, 0.717) is 23.1 Å². The standard InChI is InChI=1S/C16H19F2N/c1-10-7-15(18)11(8-14(10)17)5-6-16-13-4-2-3-12(13)9-19-16/h5-8,12-13,16,19H,2-4,9H2,1H3/b6-5+. The second-order valence-corrected chi connectivity index (χ2v) is 5.77. The predicted octanol–water partition coefficient (Wildman–Crippen LogP) is 3.67. The van der Waals surface area contributed by atoms with E-state index >= 15 is 0 Å². The lowest BCUT2D eigenvalue weighted by Crippen LogP contribution is -2.23. The van der Waals surface area contributed by atoms with Crippen LogP contribution >= 0.6 is 0 Å². The molecule has 1 saturated carbocycles. The molecule has 1 heterocycles. The molecule has 1 N–H and O–H groups in total. The lowest BCUT2D eigenvalue weighted by Gasteiger charge is -2.13. The molecule has 3 atom stereocenters. The van der Waals surface area contributed by atoms with Gasteiger partial charge in [-0.1, -0.05) is 18.6 Å². The van der Waals surface area contributed by atoms with Crippen molar-refractivity contribution in [3.8, 4) is 0 Å². The van der Waals surface area contributed by atoms with Gasteiger partial charge in [0, 0.05) is 11.6 Å². The molecule has 19 heavy (non-hydrogen) atoms. The maximum Gasteiger partial charge on any atom is 0.130 e. The molecule has 1 saturated heterocycles. The van der Waals surface area contributed by atoms with Crippen LogP contribution < -0.4 is 5.32 Å². The molecule has 0 aromatic heterocycles. The van der Waals surface area contributed by atoms with Gasteiger partial charge in [-0.15, -0.1) is 0 Å². The van der Waals surface area contributed by atoms with Gasteiger partial charge >= 0.3 is 0 Å². The number of benzene rings is 1. The van der Waals surface area contributed by atoms with Crippen LogP contribution in [0.1, 0.15) is 30.4 Å². The molecule has 3 rings (SSSR count). The highest BCUT2D eigenvalue weighted by molar-refractivity contribution is 5.52. The summed E-state index contributed by atoms with van der Waals surface area (Å²) in [5.41, 5.74) is 0.691. The third-order valence-electron chi connectivity index (χ3n) is 4.56. The van der Waals surface area contributed by atoms with E-state index in [4.69, 9.17) is 0 Å². The summed E-state index contributed by atoms with van der Waals surface area (Å²) in [5, 5.41) is 3.47. The van der Waals surface area contributed by atoms with Crippen molar-refractivity contribution in [2.75, 3.05) is 6.54 Å². The minimum atomic E-state index is -0.351. The molecule has 0 amide bonds. The van der Waals surface area contributed by atoms with Gasteiger partial charge in [0.05, 0.1) is 0 Å². The third-order valence-corrected chi connectivity index (χ3v) is 4.56. The number of aryl methyl sites for hydroxylation is 1. The van der Waals surface area contributed by atoms with E-state index in [1.807, 2.05) is 6.08 Å². The number of hydrogen-bond acceptors (Lipinski definition) is 1. The Morgan fingerprint density at radius 2 is 2.05 bits per heavy atom. The van der Waals surface area contributed by atoms with E-state index in [2.05, 4.69) is 5.32 Å². The lowest BCUT2D eigenvalue weighted by atomic mass is 9.93. The second-order valence-electron chi connectivity index (χ2n) is 5.77. The van der Waals surface area contributed by atoms with Crippen LogP contribution in [-0.2, 0) is 0 Å². The first-order valence-corrected chi connectivity index (χ1v) is 7.02. The van der Waals surface area contributed by atoms with Crippen molar-refractivity contribution in [1.82, 2.24) is 5.32 Å². The van der Waals surface area contributed by atoms with Crippen LogP contribution in [0.25, 0.3) is 6.08 Å². The molecule has 1 aliphatic heterocycles. The Hall–Kier alpha value is -1.22. The number of rotatable bonds is 2. The maximum absolute atomic E-state index is 13.7. The van der Waals surface area contributed by atoms with Gasteiger partial charge in [-0.25, -0.2) is 8.78 Å². The largest absolute Gasteiger partial charge is 0.310 e. The molecule has 0 bridgehead atoms. The number of fused-ring (bicyclic) bond motifs is 1. The molecule has 1 nitrogen and oxygen atoms in total. The van der Waals surface area contributed by atoms with E-state index in [0.717, 1.165) is 12.5 Å². The average molecular weight is 263 g/mol. The normalized spacial score (nSPS) is 30.2. The third kappa shape index (κ3) is 2.44. The van der Waals surface area contributed by atoms with Crippen LogP contribution in [0, 0.1) is 30.4 Å². The first-order valence-electron chi connectivity index (χ1n) is 7.02. The van der Waals surface area contributed by atoms with Crippen molar-refractivity contribution in [3.63, 3.8) is 0 Å². The monoisotopic (exact) mass is 263 g/mol. The van der Waals surface area contributed by atoms with Crippen molar-refractivity contribution in [2.24, 2.45) is 11.8 Å². The van der Waals surface area contributed by atoms with Crippen molar-refractivity contribution in [3.05, 3.63) is 41.0 Å². The van der Waals surface area contributed by atoms with Crippen molar-refractivity contribution < 1.29 is 8.78 Å². The van der Waals surface area contributed by atoms with Gasteiger partial charge in [-0.3, -0.25) is 0 Å². The van der Waals surface area contributed by atoms with E-state index in [1.165, 1.54) is 31.4 Å². The van der Waals surface area contributed by atoms with Crippen LogP contribution in [0.5, 0.6) is 0 Å². The highest BCUT2D eigenvalue weighted by Gasteiger charge is 2.37. The SMILES string of the molecule is Cc1cc(F)c(/C=C/C2NCC3CCCC32)cc1F. The van der Waals surface area contributed by atoms with Crippen LogP contribution in [0.4, 0.5) is 8.78 Å². The molecule has 1 aromatic rings. The number of hydrogen-bond donors (Lipinski definition) is 1. The van der Waals surface area contributed by atoms with Crippen molar-refractivity contribution in [1.29, 1.82) is 0 Å². The van der Waals surface area contributed by atoms with Gasteiger partial charge in [-0.05, 0) is 55.8 Å². The summed E-state index contributed by atoms with van der Waals surface area (Å²) < 4.78 is 27.2. The fraction of sp³-hybridized carbons (Fsp3) is 0.500. The highest BCUT2D eigenvalue weighted by Crippen LogP contribution is 2.38.